The van der Waals surface area contributed by atoms with E-state index in [0.29, 0.717) is 17.7 Å². The Hall–Kier alpha value is -2.14. The lowest BCUT2D eigenvalue weighted by Crippen LogP contribution is -2.13. The highest BCUT2D eigenvalue weighted by Crippen LogP contribution is 2.18. The summed E-state index contributed by atoms with van der Waals surface area (Å²) in [5, 5.41) is 0. The Morgan fingerprint density at radius 2 is 1.59 bits per heavy atom. The van der Waals surface area contributed by atoms with Crippen LogP contribution in [0.4, 0.5) is 5.69 Å². The van der Waals surface area contributed by atoms with Crippen LogP contribution in [0.25, 0.3) is 0 Å². The van der Waals surface area contributed by atoms with Gasteiger partial charge < -0.3 is 0 Å². The van der Waals surface area contributed by atoms with Crippen molar-refractivity contribution in [1.82, 2.24) is 0 Å². The van der Waals surface area contributed by atoms with E-state index in [-0.39, 0.29) is 10.7 Å². The topological polar surface area (TPSA) is 63.2 Å². The van der Waals surface area contributed by atoms with Crippen LogP contribution in [0, 0.1) is 6.92 Å². The van der Waals surface area contributed by atoms with Gasteiger partial charge in [-0.05, 0) is 49.7 Å². The highest BCUT2D eigenvalue weighted by atomic mass is 32.2. The summed E-state index contributed by atoms with van der Waals surface area (Å²) in [6.07, 6.45) is 1.29. The highest BCUT2D eigenvalue weighted by molar-refractivity contribution is 7.92. The van der Waals surface area contributed by atoms with Gasteiger partial charge in [-0.25, -0.2) is 8.42 Å². The zero-order valence-corrected chi connectivity index (χ0v) is 13.5. The van der Waals surface area contributed by atoms with Crippen LogP contribution < -0.4 is 4.72 Å². The molecule has 22 heavy (non-hydrogen) atoms. The van der Waals surface area contributed by atoms with Crippen molar-refractivity contribution in [2.45, 2.75) is 31.6 Å². The van der Waals surface area contributed by atoms with Gasteiger partial charge in [0.25, 0.3) is 10.0 Å². The van der Waals surface area contributed by atoms with Gasteiger partial charge in [-0.15, -0.1) is 0 Å². The van der Waals surface area contributed by atoms with E-state index in [1.165, 1.54) is 0 Å². The van der Waals surface area contributed by atoms with Crippen LogP contribution in [0.15, 0.2) is 53.4 Å². The summed E-state index contributed by atoms with van der Waals surface area (Å²) in [6, 6.07) is 13.1. The van der Waals surface area contributed by atoms with Crippen LogP contribution >= 0.6 is 0 Å². The molecule has 0 saturated heterocycles. The summed E-state index contributed by atoms with van der Waals surface area (Å²) in [4.78, 5) is 12.0. The number of carbonyl (C=O) groups excluding carboxylic acids is 1. The standard InChI is InChI=1S/C17H19NO3S/c1-3-4-17(19)14-7-9-15(10-8-14)18-22(20,21)16-11-5-13(2)6-12-16/h5-12,18H,3-4H2,1-2H3. The second-order valence-corrected chi connectivity index (χ2v) is 6.85. The number of aryl methyl sites for hydroxylation is 1. The van der Waals surface area contributed by atoms with Crippen molar-refractivity contribution in [3.8, 4) is 0 Å². The maximum absolute atomic E-state index is 12.3. The van der Waals surface area contributed by atoms with Gasteiger partial charge in [0, 0.05) is 17.7 Å². The average molecular weight is 317 g/mol. The number of anilines is 1. The Morgan fingerprint density at radius 3 is 2.14 bits per heavy atom. The van der Waals surface area contributed by atoms with Gasteiger partial charge in [-0.2, -0.15) is 0 Å². The van der Waals surface area contributed by atoms with Crippen molar-refractivity contribution >= 4 is 21.5 Å². The molecular weight excluding hydrogens is 298 g/mol. The molecule has 0 radical (unpaired) electrons. The van der Waals surface area contributed by atoms with Crippen LogP contribution in [0.2, 0.25) is 0 Å². The van der Waals surface area contributed by atoms with E-state index < -0.39 is 10.0 Å². The fraction of sp³-hybridized carbons (Fsp3) is 0.235. The van der Waals surface area contributed by atoms with Crippen molar-refractivity contribution in [2.75, 3.05) is 4.72 Å². The number of nitrogens with one attached hydrogen (secondary N) is 1. The zero-order valence-electron chi connectivity index (χ0n) is 12.7. The Bertz CT molecular complexity index is 747. The molecule has 4 nitrogen and oxygen atoms in total. The average Bonchev–Trinajstić information content (AvgIpc) is 2.48. The first kappa shape index (κ1) is 16.2. The summed E-state index contributed by atoms with van der Waals surface area (Å²) >= 11 is 0. The molecule has 2 rings (SSSR count). The number of carbonyl (C=O) groups is 1. The molecule has 5 heteroatoms. The van der Waals surface area contributed by atoms with Gasteiger partial charge in [0.15, 0.2) is 5.78 Å². The Balaban J connectivity index is 2.16. The number of ketones is 1. The van der Waals surface area contributed by atoms with Crippen molar-refractivity contribution in [1.29, 1.82) is 0 Å². The number of hydrogen-bond acceptors (Lipinski definition) is 3. The molecule has 2 aromatic rings. The monoisotopic (exact) mass is 317 g/mol. The smallest absolute Gasteiger partial charge is 0.261 e. The third kappa shape index (κ3) is 3.95. The fourth-order valence-corrected chi connectivity index (χ4v) is 3.09. The number of Topliss-reactive ketones (excluding diaryl/α,β-unsaturated/α-hetero) is 1. The highest BCUT2D eigenvalue weighted by Gasteiger charge is 2.14. The summed E-state index contributed by atoms with van der Waals surface area (Å²) in [6.45, 7) is 3.85. The molecule has 0 aliphatic carbocycles. The van der Waals surface area contributed by atoms with E-state index >= 15 is 0 Å². The van der Waals surface area contributed by atoms with Crippen molar-refractivity contribution in [3.63, 3.8) is 0 Å². The predicted octanol–water partition coefficient (Wildman–Crippen LogP) is 3.78. The minimum atomic E-state index is -3.61. The van der Waals surface area contributed by atoms with Crippen molar-refractivity contribution in [3.05, 3.63) is 59.7 Å². The maximum atomic E-state index is 12.3. The molecule has 0 aromatic heterocycles. The van der Waals surface area contributed by atoms with E-state index in [1.807, 2.05) is 13.8 Å². The van der Waals surface area contributed by atoms with Crippen molar-refractivity contribution < 1.29 is 13.2 Å². The summed E-state index contributed by atoms with van der Waals surface area (Å²) < 4.78 is 27.0. The van der Waals surface area contributed by atoms with Crippen LogP contribution in [0.1, 0.15) is 35.7 Å². The molecule has 0 heterocycles. The van der Waals surface area contributed by atoms with Gasteiger partial charge in [0.2, 0.25) is 0 Å². The second-order valence-electron chi connectivity index (χ2n) is 5.17. The molecule has 0 amide bonds. The number of sulfonamides is 1. The molecule has 0 fully saturated rings. The summed E-state index contributed by atoms with van der Waals surface area (Å²) in [5.41, 5.74) is 2.03. The molecule has 0 unspecified atom stereocenters. The quantitative estimate of drug-likeness (QED) is 0.825. The van der Waals surface area contributed by atoms with E-state index in [2.05, 4.69) is 4.72 Å². The van der Waals surface area contributed by atoms with E-state index in [1.54, 1.807) is 48.5 Å². The van der Waals surface area contributed by atoms with Crippen molar-refractivity contribution in [2.24, 2.45) is 0 Å². The molecule has 116 valence electrons. The molecule has 0 bridgehead atoms. The number of rotatable bonds is 6. The van der Waals surface area contributed by atoms with Gasteiger partial charge in [0.05, 0.1) is 4.90 Å². The minimum Gasteiger partial charge on any atom is -0.294 e. The third-order valence-electron chi connectivity index (χ3n) is 3.27. The first-order valence-corrected chi connectivity index (χ1v) is 8.63. The van der Waals surface area contributed by atoms with Gasteiger partial charge >= 0.3 is 0 Å². The normalized spacial score (nSPS) is 11.2. The Morgan fingerprint density at radius 1 is 1.00 bits per heavy atom. The largest absolute Gasteiger partial charge is 0.294 e. The van der Waals surface area contributed by atoms with Gasteiger partial charge in [-0.3, -0.25) is 9.52 Å². The van der Waals surface area contributed by atoms with Crippen LogP contribution in [0.3, 0.4) is 0 Å². The molecule has 0 spiro atoms. The minimum absolute atomic E-state index is 0.0652. The van der Waals surface area contributed by atoms with Gasteiger partial charge in [-0.1, -0.05) is 24.6 Å². The molecule has 0 aliphatic rings. The maximum Gasteiger partial charge on any atom is 0.261 e. The summed E-state index contributed by atoms with van der Waals surface area (Å²) in [5.74, 6) is 0.0652. The SMILES string of the molecule is CCCC(=O)c1ccc(NS(=O)(=O)c2ccc(C)cc2)cc1. The van der Waals surface area contributed by atoms with Crippen LogP contribution in [-0.4, -0.2) is 14.2 Å². The second kappa shape index (κ2) is 6.75. The Labute approximate surface area is 131 Å². The summed E-state index contributed by atoms with van der Waals surface area (Å²) in [7, 11) is -3.61. The zero-order chi connectivity index (χ0) is 16.2. The van der Waals surface area contributed by atoms with E-state index in [9.17, 15) is 13.2 Å². The van der Waals surface area contributed by atoms with Crippen LogP contribution in [-0.2, 0) is 10.0 Å². The molecule has 2 aromatic carbocycles. The lowest BCUT2D eigenvalue weighted by molar-refractivity contribution is 0.0982. The number of benzene rings is 2. The molecule has 0 saturated carbocycles. The van der Waals surface area contributed by atoms with E-state index in [4.69, 9.17) is 0 Å². The Kier molecular flexibility index (Phi) is 4.98. The molecule has 0 atom stereocenters. The molecule has 0 aliphatic heterocycles. The number of hydrogen-bond donors (Lipinski definition) is 1. The van der Waals surface area contributed by atoms with Crippen LogP contribution in [0.5, 0.6) is 0 Å². The molecule has 1 N–H and O–H groups in total. The van der Waals surface area contributed by atoms with Gasteiger partial charge in [0.1, 0.15) is 0 Å². The third-order valence-corrected chi connectivity index (χ3v) is 4.66. The molecular formula is C17H19NO3S. The predicted molar refractivity (Wildman–Crippen MR) is 87.7 cm³/mol. The lowest BCUT2D eigenvalue weighted by Gasteiger charge is -2.09. The lowest BCUT2D eigenvalue weighted by atomic mass is 10.1. The fourth-order valence-electron chi connectivity index (χ4n) is 2.03. The van der Waals surface area contributed by atoms with E-state index in [0.717, 1.165) is 12.0 Å². The first-order valence-electron chi connectivity index (χ1n) is 7.15. The first-order chi connectivity index (χ1) is 10.4.